The first-order chi connectivity index (χ1) is 12.6. The average Bonchev–Trinajstić information content (AvgIpc) is 2.67. The minimum atomic E-state index is -0.470. The van der Waals surface area contributed by atoms with Crippen molar-refractivity contribution in [3.63, 3.8) is 0 Å². The molecule has 132 valence electrons. The van der Waals surface area contributed by atoms with Crippen molar-refractivity contribution in [1.29, 1.82) is 0 Å². The third-order valence-corrected chi connectivity index (χ3v) is 4.31. The van der Waals surface area contributed by atoms with Crippen LogP contribution in [0, 0.1) is 13.8 Å². The first kappa shape index (κ1) is 17.5. The van der Waals surface area contributed by atoms with Crippen LogP contribution in [-0.2, 0) is 11.3 Å². The Bertz CT molecular complexity index is 853. The predicted octanol–water partition coefficient (Wildman–Crippen LogP) is 5.48. The first-order valence-corrected chi connectivity index (χ1v) is 8.43. The fraction of sp³-hybridized carbons (Fsp3) is 0.136. The van der Waals surface area contributed by atoms with Crippen LogP contribution in [0.3, 0.4) is 0 Å². The number of rotatable bonds is 4. The molecule has 3 aromatic rings. The smallest absolute Gasteiger partial charge is 0.419 e. The number of aromatic hydroxyl groups is 1. The van der Waals surface area contributed by atoms with Gasteiger partial charge in [0, 0.05) is 0 Å². The summed E-state index contributed by atoms with van der Waals surface area (Å²) in [5, 5.41) is 10.1. The minimum Gasteiger partial charge on any atom is -0.507 e. The van der Waals surface area contributed by atoms with Gasteiger partial charge in [-0.25, -0.2) is 9.69 Å². The van der Waals surface area contributed by atoms with Crippen LogP contribution < -0.4 is 4.90 Å². The maximum absolute atomic E-state index is 12.8. The molecule has 0 saturated heterocycles. The monoisotopic (exact) mass is 347 g/mol. The van der Waals surface area contributed by atoms with E-state index in [-0.39, 0.29) is 12.4 Å². The number of aryl methyl sites for hydroxylation is 1. The van der Waals surface area contributed by atoms with Crippen LogP contribution in [0.5, 0.6) is 5.75 Å². The molecule has 3 rings (SSSR count). The molecule has 0 aliphatic heterocycles. The summed E-state index contributed by atoms with van der Waals surface area (Å²) in [4.78, 5) is 14.4. The molecule has 0 radical (unpaired) electrons. The summed E-state index contributed by atoms with van der Waals surface area (Å²) >= 11 is 0. The minimum absolute atomic E-state index is 0.0919. The van der Waals surface area contributed by atoms with E-state index in [2.05, 4.69) is 0 Å². The number of para-hydroxylation sites is 2. The van der Waals surface area contributed by atoms with E-state index in [1.807, 2.05) is 86.6 Å². The molecule has 0 atom stereocenters. The molecule has 1 N–H and O–H groups in total. The quantitative estimate of drug-likeness (QED) is 0.679. The molecule has 0 bridgehead atoms. The summed E-state index contributed by atoms with van der Waals surface area (Å²) in [5.74, 6) is 0.238. The maximum Gasteiger partial charge on any atom is 0.419 e. The van der Waals surface area contributed by atoms with Crippen molar-refractivity contribution < 1.29 is 14.6 Å². The zero-order valence-corrected chi connectivity index (χ0v) is 14.8. The largest absolute Gasteiger partial charge is 0.507 e. The number of anilines is 2. The highest BCUT2D eigenvalue weighted by Crippen LogP contribution is 2.28. The summed E-state index contributed by atoms with van der Waals surface area (Å²) in [5.41, 5.74) is 3.76. The fourth-order valence-corrected chi connectivity index (χ4v) is 2.75. The van der Waals surface area contributed by atoms with E-state index < -0.39 is 6.09 Å². The second-order valence-corrected chi connectivity index (χ2v) is 6.08. The van der Waals surface area contributed by atoms with Crippen LogP contribution in [0.4, 0.5) is 16.2 Å². The number of benzene rings is 3. The van der Waals surface area contributed by atoms with Gasteiger partial charge in [0.2, 0.25) is 0 Å². The zero-order chi connectivity index (χ0) is 18.5. The molecule has 1 amide bonds. The Labute approximate surface area is 153 Å². The van der Waals surface area contributed by atoms with Crippen LogP contribution in [0.1, 0.15) is 16.7 Å². The maximum atomic E-state index is 12.8. The van der Waals surface area contributed by atoms with Crippen LogP contribution in [0.15, 0.2) is 72.8 Å². The summed E-state index contributed by atoms with van der Waals surface area (Å²) in [6.07, 6.45) is -0.470. The molecule has 0 aromatic heterocycles. The summed E-state index contributed by atoms with van der Waals surface area (Å²) in [6, 6.07) is 22.4. The van der Waals surface area contributed by atoms with E-state index in [1.54, 1.807) is 0 Å². The number of hydrogen-bond acceptors (Lipinski definition) is 3. The van der Waals surface area contributed by atoms with Crippen molar-refractivity contribution in [2.75, 3.05) is 4.90 Å². The lowest BCUT2D eigenvalue weighted by atomic mass is 10.0. The van der Waals surface area contributed by atoms with Crippen LogP contribution in [0.25, 0.3) is 0 Å². The van der Waals surface area contributed by atoms with Crippen molar-refractivity contribution in [2.24, 2.45) is 0 Å². The van der Waals surface area contributed by atoms with Gasteiger partial charge in [-0.1, -0.05) is 48.5 Å². The summed E-state index contributed by atoms with van der Waals surface area (Å²) in [7, 11) is 0. The number of carbonyl (C=O) groups is 1. The van der Waals surface area contributed by atoms with Gasteiger partial charge in [-0.2, -0.15) is 0 Å². The van der Waals surface area contributed by atoms with Crippen molar-refractivity contribution in [3.8, 4) is 5.75 Å². The predicted molar refractivity (Wildman–Crippen MR) is 103 cm³/mol. The fourth-order valence-electron chi connectivity index (χ4n) is 2.75. The van der Waals surface area contributed by atoms with Crippen molar-refractivity contribution in [2.45, 2.75) is 20.5 Å². The highest BCUT2D eigenvalue weighted by Gasteiger charge is 2.20. The van der Waals surface area contributed by atoms with E-state index in [1.165, 1.54) is 4.90 Å². The Balaban J connectivity index is 1.84. The van der Waals surface area contributed by atoms with Gasteiger partial charge < -0.3 is 9.84 Å². The molecule has 0 spiro atoms. The lowest BCUT2D eigenvalue weighted by Gasteiger charge is -2.22. The molecule has 4 nitrogen and oxygen atoms in total. The Morgan fingerprint density at radius 2 is 1.42 bits per heavy atom. The molecular weight excluding hydrogens is 326 g/mol. The number of nitrogens with zero attached hydrogens (tertiary/aromatic N) is 1. The van der Waals surface area contributed by atoms with E-state index >= 15 is 0 Å². The molecule has 3 aromatic carbocycles. The van der Waals surface area contributed by atoms with Gasteiger partial charge in [-0.15, -0.1) is 0 Å². The van der Waals surface area contributed by atoms with Gasteiger partial charge in [0.15, 0.2) is 0 Å². The van der Waals surface area contributed by atoms with Gasteiger partial charge in [0.05, 0.1) is 11.4 Å². The molecule has 0 unspecified atom stereocenters. The lowest BCUT2D eigenvalue weighted by Crippen LogP contribution is -2.26. The van der Waals surface area contributed by atoms with E-state index in [0.29, 0.717) is 0 Å². The van der Waals surface area contributed by atoms with Gasteiger partial charge in [-0.05, 0) is 54.8 Å². The van der Waals surface area contributed by atoms with Crippen LogP contribution in [0.2, 0.25) is 0 Å². The summed E-state index contributed by atoms with van der Waals surface area (Å²) in [6.45, 7) is 3.75. The first-order valence-electron chi connectivity index (χ1n) is 8.43. The van der Waals surface area contributed by atoms with Crippen LogP contribution in [-0.4, -0.2) is 11.2 Å². The lowest BCUT2D eigenvalue weighted by molar-refractivity contribution is 0.149. The Kier molecular flexibility index (Phi) is 5.23. The third kappa shape index (κ3) is 3.70. The van der Waals surface area contributed by atoms with Gasteiger partial charge in [0.1, 0.15) is 12.4 Å². The average molecular weight is 347 g/mol. The number of phenols is 1. The molecule has 0 aliphatic rings. The second kappa shape index (κ2) is 7.74. The topological polar surface area (TPSA) is 49.8 Å². The highest BCUT2D eigenvalue weighted by atomic mass is 16.6. The second-order valence-electron chi connectivity index (χ2n) is 6.08. The molecule has 26 heavy (non-hydrogen) atoms. The molecule has 0 fully saturated rings. The third-order valence-electron chi connectivity index (χ3n) is 4.31. The normalized spacial score (nSPS) is 10.4. The van der Waals surface area contributed by atoms with Crippen molar-refractivity contribution in [1.82, 2.24) is 0 Å². The Hall–Kier alpha value is -3.27. The molecule has 0 heterocycles. The standard InChI is InChI=1S/C22H21NO3/c1-16-13-14-18(17(2)21(16)24)15-26-22(25)23(19-9-5-3-6-10-19)20-11-7-4-8-12-20/h3-14,24H,15H2,1-2H3. The number of amides is 1. The van der Waals surface area contributed by atoms with E-state index in [9.17, 15) is 9.90 Å². The van der Waals surface area contributed by atoms with Crippen molar-refractivity contribution in [3.05, 3.63) is 89.5 Å². The van der Waals surface area contributed by atoms with E-state index in [4.69, 9.17) is 4.74 Å². The van der Waals surface area contributed by atoms with E-state index in [0.717, 1.165) is 28.1 Å². The van der Waals surface area contributed by atoms with Crippen molar-refractivity contribution >= 4 is 17.5 Å². The summed E-state index contributed by atoms with van der Waals surface area (Å²) < 4.78 is 5.55. The van der Waals surface area contributed by atoms with Gasteiger partial charge in [-0.3, -0.25) is 0 Å². The number of carbonyl (C=O) groups excluding carboxylic acids is 1. The Morgan fingerprint density at radius 3 is 1.96 bits per heavy atom. The highest BCUT2D eigenvalue weighted by molar-refractivity contribution is 5.95. The van der Waals surface area contributed by atoms with Gasteiger partial charge in [0.25, 0.3) is 0 Å². The number of ether oxygens (including phenoxy) is 1. The zero-order valence-electron chi connectivity index (χ0n) is 14.8. The SMILES string of the molecule is Cc1ccc(COC(=O)N(c2ccccc2)c2ccccc2)c(C)c1O. The molecule has 0 saturated carbocycles. The van der Waals surface area contributed by atoms with Gasteiger partial charge >= 0.3 is 6.09 Å². The Morgan fingerprint density at radius 1 is 0.885 bits per heavy atom. The number of hydrogen-bond donors (Lipinski definition) is 1. The molecule has 4 heteroatoms. The number of phenolic OH excluding ortho intramolecular Hbond substituents is 1. The molecular formula is C22H21NO3. The van der Waals surface area contributed by atoms with Crippen LogP contribution >= 0.6 is 0 Å². The molecule has 0 aliphatic carbocycles.